The Kier molecular flexibility index (Phi) is 7.31. The third kappa shape index (κ3) is 6.41. The number of hydrogen-bond acceptors (Lipinski definition) is 7. The molecule has 0 radical (unpaired) electrons. The van der Waals surface area contributed by atoms with Crippen LogP contribution in [0.5, 0.6) is 0 Å². The zero-order valence-corrected chi connectivity index (χ0v) is 22.0. The number of benzene rings is 1. The fourth-order valence-corrected chi connectivity index (χ4v) is 5.58. The van der Waals surface area contributed by atoms with Crippen LogP contribution in [-0.4, -0.2) is 104 Å². The highest BCUT2D eigenvalue weighted by Crippen LogP contribution is 2.35. The van der Waals surface area contributed by atoms with E-state index in [0.29, 0.717) is 57.5 Å². The number of piperazine rings is 2. The molecule has 3 fully saturated rings. The van der Waals surface area contributed by atoms with Gasteiger partial charge in [-0.15, -0.1) is 5.10 Å². The minimum atomic E-state index is -4.40. The van der Waals surface area contributed by atoms with E-state index in [4.69, 9.17) is 0 Å². The summed E-state index contributed by atoms with van der Waals surface area (Å²) in [6.07, 6.45) is 0.423. The van der Waals surface area contributed by atoms with Crippen molar-refractivity contribution < 1.29 is 26.4 Å². The molecule has 0 unspecified atom stereocenters. The predicted molar refractivity (Wildman–Crippen MR) is 137 cm³/mol. The van der Waals surface area contributed by atoms with Crippen LogP contribution in [0.25, 0.3) is 0 Å². The molecule has 2 aliphatic heterocycles. The van der Waals surface area contributed by atoms with Gasteiger partial charge in [-0.3, -0.25) is 14.5 Å². The third-order valence-electron chi connectivity index (χ3n) is 7.24. The Morgan fingerprint density at radius 2 is 1.71 bits per heavy atom. The molecule has 3 heterocycles. The van der Waals surface area contributed by atoms with Gasteiger partial charge in [0.1, 0.15) is 0 Å². The number of hydrogen-bond donors (Lipinski definition) is 1. The van der Waals surface area contributed by atoms with Crippen LogP contribution in [0.15, 0.2) is 30.5 Å². The van der Waals surface area contributed by atoms with E-state index in [2.05, 4.69) is 24.5 Å². The molecule has 2 saturated heterocycles. The summed E-state index contributed by atoms with van der Waals surface area (Å²) >= 11 is 0. The number of anilines is 2. The van der Waals surface area contributed by atoms with Crippen LogP contribution in [0.1, 0.15) is 24.0 Å². The summed E-state index contributed by atoms with van der Waals surface area (Å²) < 4.78 is 66.7. The molecule has 0 spiro atoms. The van der Waals surface area contributed by atoms with Crippen LogP contribution in [0.2, 0.25) is 0 Å². The van der Waals surface area contributed by atoms with Crippen LogP contribution in [0.3, 0.4) is 0 Å². The average Bonchev–Trinajstić information content (AvgIpc) is 3.62. The molecule has 14 heteroatoms. The molecule has 1 aliphatic carbocycles. The first-order chi connectivity index (χ1) is 18.0. The van der Waals surface area contributed by atoms with Gasteiger partial charge in [0.15, 0.2) is 5.82 Å². The van der Waals surface area contributed by atoms with Gasteiger partial charge in [0.05, 0.1) is 11.8 Å². The van der Waals surface area contributed by atoms with Crippen molar-refractivity contribution in [3.63, 3.8) is 0 Å². The third-order valence-corrected chi connectivity index (χ3v) is 7.82. The lowest BCUT2D eigenvalue weighted by atomic mass is 10.1. The molecule has 1 saturated carbocycles. The molecular formula is C24H32F3N7O3S. The van der Waals surface area contributed by atoms with E-state index >= 15 is 0 Å². The smallest absolute Gasteiger partial charge is 0.369 e. The minimum Gasteiger partial charge on any atom is -0.369 e. The molecule has 5 rings (SSSR count). The van der Waals surface area contributed by atoms with Gasteiger partial charge in [-0.25, -0.2) is 13.2 Å². The summed E-state index contributed by atoms with van der Waals surface area (Å²) in [5.74, 6) is 0.0623. The largest absolute Gasteiger partial charge is 0.416 e. The maximum Gasteiger partial charge on any atom is 0.416 e. The van der Waals surface area contributed by atoms with Gasteiger partial charge in [0.25, 0.3) is 0 Å². The van der Waals surface area contributed by atoms with Crippen LogP contribution < -0.4 is 9.62 Å². The van der Waals surface area contributed by atoms with Gasteiger partial charge in [0.2, 0.25) is 10.0 Å². The van der Waals surface area contributed by atoms with E-state index in [1.165, 1.54) is 31.2 Å². The summed E-state index contributed by atoms with van der Waals surface area (Å²) in [5.41, 5.74) is 0.845. The number of carbonyl (C=O) groups is 1. The normalized spacial score (nSPS) is 20.1. The number of alkyl halides is 3. The van der Waals surface area contributed by atoms with E-state index < -0.39 is 21.8 Å². The Hall–Kier alpha value is -2.84. The Morgan fingerprint density at radius 3 is 2.32 bits per heavy atom. The highest BCUT2D eigenvalue weighted by Gasteiger charge is 2.34. The first kappa shape index (κ1) is 26.8. The fourth-order valence-electron chi connectivity index (χ4n) is 5.09. The molecular weight excluding hydrogens is 523 g/mol. The quantitative estimate of drug-likeness (QED) is 0.585. The van der Waals surface area contributed by atoms with Crippen molar-refractivity contribution in [1.82, 2.24) is 24.5 Å². The molecule has 1 N–H and O–H groups in total. The van der Waals surface area contributed by atoms with Gasteiger partial charge < -0.3 is 9.80 Å². The molecule has 10 nitrogen and oxygen atoms in total. The number of halogens is 3. The molecule has 0 atom stereocenters. The van der Waals surface area contributed by atoms with Crippen molar-refractivity contribution in [3.8, 4) is 0 Å². The van der Waals surface area contributed by atoms with Crippen molar-refractivity contribution in [2.75, 3.05) is 68.2 Å². The number of nitrogens with zero attached hydrogens (tertiary/aromatic N) is 6. The van der Waals surface area contributed by atoms with Gasteiger partial charge in [-0.1, -0.05) is 6.07 Å². The Morgan fingerprint density at radius 1 is 1.03 bits per heavy atom. The van der Waals surface area contributed by atoms with Crippen LogP contribution in [-0.2, 0) is 22.7 Å². The molecule has 3 aliphatic rings. The zero-order chi connectivity index (χ0) is 27.1. The highest BCUT2D eigenvalue weighted by molar-refractivity contribution is 7.92. The summed E-state index contributed by atoms with van der Waals surface area (Å²) in [4.78, 5) is 21.1. The first-order valence-corrected chi connectivity index (χ1v) is 14.6. The molecule has 1 aromatic carbocycles. The van der Waals surface area contributed by atoms with Crippen LogP contribution in [0.4, 0.5) is 29.5 Å². The lowest BCUT2D eigenvalue weighted by Crippen LogP contribution is -2.50. The van der Waals surface area contributed by atoms with Crippen molar-refractivity contribution in [2.45, 2.75) is 31.6 Å². The number of sulfonamides is 1. The van der Waals surface area contributed by atoms with E-state index in [1.54, 1.807) is 11.0 Å². The number of nitrogens with one attached hydrogen (secondary N) is 1. The van der Waals surface area contributed by atoms with Crippen LogP contribution >= 0.6 is 0 Å². The number of aromatic nitrogens is 2. The van der Waals surface area contributed by atoms with Crippen molar-refractivity contribution in [2.24, 2.45) is 0 Å². The van der Waals surface area contributed by atoms with Gasteiger partial charge in [-0.2, -0.15) is 17.9 Å². The van der Waals surface area contributed by atoms with Gasteiger partial charge >= 0.3 is 12.2 Å². The zero-order valence-electron chi connectivity index (χ0n) is 21.2. The maximum atomic E-state index is 13.5. The molecule has 38 heavy (non-hydrogen) atoms. The topological polar surface area (TPSA) is 94.0 Å². The molecule has 0 bridgehead atoms. The summed E-state index contributed by atoms with van der Waals surface area (Å²) in [5, 5.41) is 3.99. The highest BCUT2D eigenvalue weighted by atomic mass is 32.2. The van der Waals surface area contributed by atoms with Crippen molar-refractivity contribution in [3.05, 3.63) is 41.6 Å². The Bertz CT molecular complexity index is 1260. The second kappa shape index (κ2) is 10.4. The SMILES string of the molecule is CS(=O)(=O)Nc1ccn(C(=O)N2CCN(Cc3ccc(C(F)(F)F)cc3N3CCN(C4CC4)CC3)CC2)n1. The second-order valence-corrected chi connectivity index (χ2v) is 11.9. The summed E-state index contributed by atoms with van der Waals surface area (Å²) in [6, 6.07) is 5.70. The standard InChI is InChI=1S/C24H32F3N7O3S/c1-38(36,37)29-22-6-7-34(28-22)23(35)33-10-8-30(9-11-33)17-18-2-3-19(24(25,26)27)16-21(18)32-14-12-31(13-15-32)20-4-5-20/h2-3,6-7,16,20H,4-5,8-15,17H2,1H3,(H,28,29). The number of carbonyl (C=O) groups excluding carboxylic acids is 1. The number of rotatable bonds is 6. The monoisotopic (exact) mass is 555 g/mol. The Balaban J connectivity index is 1.23. The van der Waals surface area contributed by atoms with Crippen molar-refractivity contribution >= 4 is 27.6 Å². The second-order valence-electron chi connectivity index (χ2n) is 10.2. The predicted octanol–water partition coefficient (Wildman–Crippen LogP) is 2.34. The summed E-state index contributed by atoms with van der Waals surface area (Å²) in [6.45, 7) is 5.55. The lowest BCUT2D eigenvalue weighted by molar-refractivity contribution is -0.137. The molecule has 1 amide bonds. The molecule has 2 aromatic rings. The van der Waals surface area contributed by atoms with Gasteiger partial charge in [0, 0.05) is 82.9 Å². The van der Waals surface area contributed by atoms with E-state index in [1.807, 2.05) is 0 Å². The first-order valence-electron chi connectivity index (χ1n) is 12.7. The average molecular weight is 556 g/mol. The van der Waals surface area contributed by atoms with E-state index in [-0.39, 0.29) is 11.8 Å². The fraction of sp³-hybridized carbons (Fsp3) is 0.583. The number of amides is 1. The summed E-state index contributed by atoms with van der Waals surface area (Å²) in [7, 11) is -3.50. The van der Waals surface area contributed by atoms with Gasteiger partial charge in [-0.05, 0) is 30.5 Å². The van der Waals surface area contributed by atoms with E-state index in [9.17, 15) is 26.4 Å². The minimum absolute atomic E-state index is 0.0623. The molecule has 1 aromatic heterocycles. The maximum absolute atomic E-state index is 13.5. The van der Waals surface area contributed by atoms with Crippen molar-refractivity contribution in [1.29, 1.82) is 0 Å². The van der Waals surface area contributed by atoms with Crippen LogP contribution in [0, 0.1) is 0 Å². The Labute approximate surface area is 220 Å². The molecule has 208 valence electrons. The van der Waals surface area contributed by atoms with E-state index in [0.717, 1.165) is 35.7 Å². The lowest BCUT2D eigenvalue weighted by Gasteiger charge is -2.39.